The van der Waals surface area contributed by atoms with Crippen LogP contribution in [0.1, 0.15) is 181 Å². The second kappa shape index (κ2) is 21.3. The molecule has 80 heavy (non-hydrogen) atoms. The number of allylic oxidation sites excluding steroid dienone is 3. The predicted octanol–water partition coefficient (Wildman–Crippen LogP) is 9.19. The Balaban J connectivity index is 1.05. The van der Waals surface area contributed by atoms with E-state index in [1.165, 1.54) is 44.1 Å². The Labute approximate surface area is 484 Å². The van der Waals surface area contributed by atoms with Crippen molar-refractivity contribution >= 4 is 33.3 Å². The molecule has 1 aliphatic heterocycles. The van der Waals surface area contributed by atoms with Gasteiger partial charge in [-0.25, -0.2) is 4.98 Å². The lowest BCUT2D eigenvalue weighted by molar-refractivity contribution is -0.214. The molecule has 15 heteroatoms. The number of carbonyl (C=O) groups excluding carboxylic acids is 1. The second-order valence-corrected chi connectivity index (χ2v) is 32.3. The molecule has 12 aliphatic rings. The number of aliphatic imine (C=N–C) groups is 1. The number of ketones is 1. The highest BCUT2D eigenvalue weighted by Crippen LogP contribution is 2.78. The zero-order valence-corrected chi connectivity index (χ0v) is 50.3. The summed E-state index contributed by atoms with van der Waals surface area (Å²) in [4.78, 5) is 25.9. The fraction of sp³-hybridized carbons (Fsp3) is 0.831. The Morgan fingerprint density at radius 1 is 0.912 bits per heavy atom. The number of fused-ring (bicyclic) bond motifs is 15. The van der Waals surface area contributed by atoms with Gasteiger partial charge in [-0.3, -0.25) is 9.79 Å². The number of aromatic nitrogens is 2. The Kier molecular flexibility index (Phi) is 15.2. The summed E-state index contributed by atoms with van der Waals surface area (Å²) in [6.07, 6.45) is 28.0. The largest absolute Gasteiger partial charge is 0.396 e. The van der Waals surface area contributed by atoms with Crippen molar-refractivity contribution in [2.75, 3.05) is 32.5 Å². The first kappa shape index (κ1) is 56.9. The monoisotopic (exact) mass is 1140 g/mol. The molecule has 442 valence electrons. The summed E-state index contributed by atoms with van der Waals surface area (Å²) in [5.41, 5.74) is 10.2. The van der Waals surface area contributed by atoms with Crippen LogP contribution in [0.5, 0.6) is 0 Å². The van der Waals surface area contributed by atoms with Crippen LogP contribution in [0.3, 0.4) is 0 Å². The molecule has 0 radical (unpaired) electrons. The van der Waals surface area contributed by atoms with Gasteiger partial charge in [0, 0.05) is 77.0 Å². The molecule has 1 aromatic rings. The molecule has 11 aliphatic carbocycles. The molecule has 4 bridgehead atoms. The van der Waals surface area contributed by atoms with E-state index < -0.39 is 63.5 Å². The molecule has 2 heterocycles. The number of nitrogens with one attached hydrogen (secondary N) is 2. The smallest absolute Gasteiger partial charge is 0.190 e. The minimum atomic E-state index is -1.66. The zero-order valence-electron chi connectivity index (χ0n) is 48.7. The number of aliphatic hydroxyl groups excluding tert-OH is 5. The molecule has 10 N–H and O–H groups in total. The lowest BCUT2D eigenvalue weighted by Gasteiger charge is -2.68. The molecule has 18 atom stereocenters. The van der Waals surface area contributed by atoms with Crippen molar-refractivity contribution in [2.45, 2.75) is 216 Å². The number of rotatable bonds is 8. The van der Waals surface area contributed by atoms with Crippen molar-refractivity contribution in [1.82, 2.24) is 20.2 Å². The van der Waals surface area contributed by atoms with Gasteiger partial charge in [-0.05, 0) is 187 Å². The molecule has 18 unspecified atom stereocenters. The van der Waals surface area contributed by atoms with Crippen LogP contribution in [0.15, 0.2) is 57.7 Å². The topological polar surface area (TPSA) is 219 Å². The minimum absolute atomic E-state index is 0.0340. The van der Waals surface area contributed by atoms with Crippen LogP contribution in [0.4, 0.5) is 0 Å². The highest BCUT2D eigenvalue weighted by atomic mass is 33.1. The van der Waals surface area contributed by atoms with Crippen LogP contribution in [-0.2, 0) is 4.79 Å². The van der Waals surface area contributed by atoms with Crippen molar-refractivity contribution in [3.63, 3.8) is 0 Å². The fourth-order valence-electron chi connectivity index (χ4n) is 23.2. The maximum absolute atomic E-state index is 16.2. The fourth-order valence-corrected chi connectivity index (χ4v) is 27.0. The quantitative estimate of drug-likeness (QED) is 0.0391. The first-order valence-corrected chi connectivity index (χ1v) is 34.6. The van der Waals surface area contributed by atoms with E-state index in [-0.39, 0.29) is 83.7 Å². The summed E-state index contributed by atoms with van der Waals surface area (Å²) in [7, 11) is 5.80. The third kappa shape index (κ3) is 8.46. The summed E-state index contributed by atoms with van der Waals surface area (Å²) in [6, 6.07) is 0.132. The highest BCUT2D eigenvalue weighted by molar-refractivity contribution is 8.77. The summed E-state index contributed by atoms with van der Waals surface area (Å²) in [6.45, 7) is 6.93. The summed E-state index contributed by atoms with van der Waals surface area (Å²) in [5, 5.41) is 84.6. The average Bonchev–Trinajstić information content (AvgIpc) is 1.61. The third-order valence-electron chi connectivity index (χ3n) is 25.5. The number of aliphatic hydroxyl groups is 6. The third-order valence-corrected chi connectivity index (χ3v) is 29.0. The summed E-state index contributed by atoms with van der Waals surface area (Å²) >= 11 is 0. The van der Waals surface area contributed by atoms with Gasteiger partial charge in [-0.1, -0.05) is 103 Å². The zero-order chi connectivity index (χ0) is 55.7. The van der Waals surface area contributed by atoms with Crippen LogP contribution in [-0.4, -0.2) is 119 Å². The van der Waals surface area contributed by atoms with Gasteiger partial charge in [0.05, 0.1) is 36.8 Å². The van der Waals surface area contributed by atoms with Gasteiger partial charge < -0.3 is 51.6 Å². The first-order chi connectivity index (χ1) is 38.5. The summed E-state index contributed by atoms with van der Waals surface area (Å²) < 4.78 is 1.95. The van der Waals surface area contributed by atoms with Gasteiger partial charge in [0.25, 0.3) is 0 Å². The van der Waals surface area contributed by atoms with Crippen LogP contribution in [0.25, 0.3) is 0 Å². The molecule has 0 aromatic carbocycles. The molecule has 1 saturated heterocycles. The first-order valence-electron chi connectivity index (χ1n) is 32.3. The lowest BCUT2D eigenvalue weighted by atomic mass is 9.37. The van der Waals surface area contributed by atoms with E-state index in [4.69, 9.17) is 10.7 Å². The Hall–Kier alpha value is -2.21. The summed E-state index contributed by atoms with van der Waals surface area (Å²) in [5.74, 6) is -1.29. The molecular formula is C65H98N6O7S2. The van der Waals surface area contributed by atoms with E-state index in [2.05, 4.69) is 40.2 Å². The van der Waals surface area contributed by atoms with Crippen molar-refractivity contribution in [3.05, 3.63) is 52.7 Å². The normalized spacial score (nSPS) is 44.5. The molecule has 9 fully saturated rings. The number of nitrogens with two attached hydrogens (primary N) is 1. The number of guanidine groups is 1. The molecule has 13 rings (SSSR count). The number of imidazole rings is 1. The molecule has 13 nitrogen and oxygen atoms in total. The van der Waals surface area contributed by atoms with Crippen LogP contribution in [0.2, 0.25) is 0 Å². The van der Waals surface area contributed by atoms with E-state index in [0.29, 0.717) is 31.2 Å². The Bertz CT molecular complexity index is 2620. The van der Waals surface area contributed by atoms with Gasteiger partial charge in [-0.2, -0.15) is 0 Å². The number of nitrogens with zero attached hydrogens (tertiary/aromatic N) is 3. The van der Waals surface area contributed by atoms with Gasteiger partial charge in [0.1, 0.15) is 6.23 Å². The van der Waals surface area contributed by atoms with Crippen molar-refractivity contribution in [3.8, 4) is 0 Å². The van der Waals surface area contributed by atoms with Crippen LogP contribution in [0, 0.1) is 86.8 Å². The van der Waals surface area contributed by atoms with Gasteiger partial charge in [-0.15, -0.1) is 0 Å². The number of carbonyl (C=O) groups is 1. The molecule has 0 amide bonds. The molecule has 2 spiro atoms. The van der Waals surface area contributed by atoms with E-state index in [0.717, 1.165) is 108 Å². The number of hydrogen-bond donors (Lipinski definition) is 9. The average molecular weight is 1140 g/mol. The van der Waals surface area contributed by atoms with Gasteiger partial charge in [0.2, 0.25) is 0 Å². The van der Waals surface area contributed by atoms with Crippen LogP contribution >= 0.6 is 21.6 Å². The SMILES string of the molecule is CNCC1C(O)C(O)CC2(C3CCCCC3)C3C(=CC(=O)C12)C1(O)C2CC(C4CC5CCCC6=C5C(C(=C5CCCC7(CCCC7)C65)C(C)(C)CC(n5ccnc5)CSSC25CCCC5)C4O)C1(CO)CC3CN=C(N)NC(C)O. The van der Waals surface area contributed by atoms with E-state index >= 15 is 9.90 Å². The second-order valence-electron chi connectivity index (χ2n) is 29.5. The van der Waals surface area contributed by atoms with Gasteiger partial charge in [0.15, 0.2) is 11.7 Å². The molecule has 1 aromatic heterocycles. The molecule has 8 saturated carbocycles. The lowest BCUT2D eigenvalue weighted by Crippen LogP contribution is -2.71. The van der Waals surface area contributed by atoms with Crippen LogP contribution < -0.4 is 16.4 Å². The maximum atomic E-state index is 16.2. The maximum Gasteiger partial charge on any atom is 0.190 e. The van der Waals surface area contributed by atoms with Crippen molar-refractivity contribution in [2.24, 2.45) is 97.5 Å². The predicted molar refractivity (Wildman–Crippen MR) is 317 cm³/mol. The van der Waals surface area contributed by atoms with E-state index in [1.54, 1.807) is 23.6 Å². The van der Waals surface area contributed by atoms with Gasteiger partial charge >= 0.3 is 0 Å². The molecular weight excluding hydrogens is 1040 g/mol. The Morgan fingerprint density at radius 2 is 1.65 bits per heavy atom. The highest BCUT2D eigenvalue weighted by Gasteiger charge is 2.79. The number of hydrogen-bond acceptors (Lipinski definition) is 12. The van der Waals surface area contributed by atoms with E-state index in [9.17, 15) is 25.5 Å². The minimum Gasteiger partial charge on any atom is -0.396 e. The standard InChI is InChI=1S/C65H98N6O7S2/c1-37(73)70-59(66)69-32-39-29-62(35-72)46-28-50(65(62,78)47-27-48(74)55-45(33-67-4)57(76)49(75)31-64(55,53(39)47)40-15-6-5-7-16-40)63(22-10-11-23-63)80-79-34-41(71-25-24-68-36-71)30-60(2,3)56-43-18-13-21-61(19-8-9-20-61)54(43)42-17-12-14-38-26-44(46)58(77)52(56)51(38)42/h24-25,27,36-41,44-46,49-50,52-55,57-58,67,72-73,75-78H,5-23,26,28-35H2,1-4H3,(H3,66,69,70). The Morgan fingerprint density at radius 3 is 2.36 bits per heavy atom. The van der Waals surface area contributed by atoms with Crippen molar-refractivity contribution in [1.29, 1.82) is 0 Å². The van der Waals surface area contributed by atoms with Crippen molar-refractivity contribution < 1.29 is 35.4 Å². The van der Waals surface area contributed by atoms with E-state index in [1.807, 2.05) is 47.2 Å².